The van der Waals surface area contributed by atoms with Crippen molar-refractivity contribution in [1.29, 1.82) is 0 Å². The minimum Gasteiger partial charge on any atom is -0.327 e. The first-order valence-electron chi connectivity index (χ1n) is 9.46. The number of hydrogen-bond acceptors (Lipinski definition) is 2. The molecule has 1 aliphatic rings. The number of β-lactam (4-membered cyclic amide) rings is 1. The number of amides is 1. The van der Waals surface area contributed by atoms with Crippen LogP contribution < -0.4 is 0 Å². The van der Waals surface area contributed by atoms with E-state index in [4.69, 9.17) is 4.99 Å². The summed E-state index contributed by atoms with van der Waals surface area (Å²) in [5, 5.41) is 0. The fourth-order valence-electron chi connectivity index (χ4n) is 3.78. The zero-order valence-corrected chi connectivity index (χ0v) is 16.0. The van der Waals surface area contributed by atoms with Gasteiger partial charge in [-0.15, -0.1) is 0 Å². The molecule has 1 aliphatic heterocycles. The van der Waals surface area contributed by atoms with Gasteiger partial charge in [0.05, 0.1) is 24.0 Å². The predicted octanol–water partition coefficient (Wildman–Crippen LogP) is 5.06. The van der Waals surface area contributed by atoms with E-state index in [1.807, 2.05) is 47.5 Å². The second kappa shape index (κ2) is 7.86. The first kappa shape index (κ1) is 18.4. The van der Waals surface area contributed by atoms with Gasteiger partial charge in [-0.2, -0.15) is 0 Å². The van der Waals surface area contributed by atoms with Crippen LogP contribution in [0.2, 0.25) is 0 Å². The van der Waals surface area contributed by atoms with E-state index in [0.717, 1.165) is 5.56 Å². The van der Waals surface area contributed by atoms with Gasteiger partial charge in [-0.05, 0) is 30.9 Å². The van der Waals surface area contributed by atoms with Crippen LogP contribution in [0.15, 0.2) is 65.7 Å². The molecular weight excluding hydrogens is 320 g/mol. The molecule has 1 saturated heterocycles. The molecule has 0 aromatic heterocycles. The predicted molar refractivity (Wildman–Crippen MR) is 107 cm³/mol. The first-order chi connectivity index (χ1) is 12.5. The van der Waals surface area contributed by atoms with Gasteiger partial charge in [0.25, 0.3) is 0 Å². The molecule has 3 nitrogen and oxygen atoms in total. The molecule has 0 saturated carbocycles. The Kier molecular flexibility index (Phi) is 5.55. The summed E-state index contributed by atoms with van der Waals surface area (Å²) in [6, 6.07) is 20.7. The third-order valence-electron chi connectivity index (χ3n) is 5.39. The molecule has 2 aromatic carbocycles. The highest BCUT2D eigenvalue weighted by molar-refractivity contribution is 5.94. The Morgan fingerprint density at radius 3 is 1.96 bits per heavy atom. The van der Waals surface area contributed by atoms with Crippen LogP contribution >= 0.6 is 0 Å². The quantitative estimate of drug-likeness (QED) is 0.530. The molecular formula is C23H28N2O. The third-order valence-corrected chi connectivity index (χ3v) is 5.39. The fourth-order valence-corrected chi connectivity index (χ4v) is 3.78. The molecule has 0 aliphatic carbocycles. The van der Waals surface area contributed by atoms with Crippen LogP contribution in [0.25, 0.3) is 0 Å². The van der Waals surface area contributed by atoms with Gasteiger partial charge in [0, 0.05) is 6.21 Å². The largest absolute Gasteiger partial charge is 0.327 e. The topological polar surface area (TPSA) is 32.7 Å². The van der Waals surface area contributed by atoms with E-state index in [1.165, 1.54) is 5.56 Å². The van der Waals surface area contributed by atoms with Crippen molar-refractivity contribution in [3.8, 4) is 0 Å². The van der Waals surface area contributed by atoms with Crippen LogP contribution in [-0.4, -0.2) is 23.1 Å². The van der Waals surface area contributed by atoms with Crippen molar-refractivity contribution in [3.05, 3.63) is 71.8 Å². The summed E-state index contributed by atoms with van der Waals surface area (Å²) in [5.74, 6) is 0.568. The van der Waals surface area contributed by atoms with Crippen LogP contribution in [0.1, 0.15) is 50.9 Å². The second-order valence-electron chi connectivity index (χ2n) is 7.48. The SMILES string of the molecule is CC(C)[C@@H]1C(=O)N([C@@H](C)c2ccccc2)[C@@H]1C=N[C@@H](C)c1ccccc1. The van der Waals surface area contributed by atoms with Crippen molar-refractivity contribution in [2.75, 3.05) is 0 Å². The fraction of sp³-hybridized carbons (Fsp3) is 0.391. The molecule has 136 valence electrons. The molecule has 3 rings (SSSR count). The summed E-state index contributed by atoms with van der Waals surface area (Å²) in [6.07, 6.45) is 2.00. The molecule has 4 atom stereocenters. The number of carbonyl (C=O) groups is 1. The van der Waals surface area contributed by atoms with Crippen molar-refractivity contribution >= 4 is 12.1 Å². The van der Waals surface area contributed by atoms with Crippen molar-refractivity contribution in [3.63, 3.8) is 0 Å². The van der Waals surface area contributed by atoms with E-state index < -0.39 is 0 Å². The lowest BCUT2D eigenvalue weighted by atomic mass is 9.78. The Hall–Kier alpha value is -2.42. The van der Waals surface area contributed by atoms with Crippen molar-refractivity contribution in [1.82, 2.24) is 4.90 Å². The molecule has 1 heterocycles. The van der Waals surface area contributed by atoms with E-state index in [2.05, 4.69) is 52.0 Å². The summed E-state index contributed by atoms with van der Waals surface area (Å²) in [6.45, 7) is 8.44. The maximum absolute atomic E-state index is 12.8. The number of benzene rings is 2. The highest BCUT2D eigenvalue weighted by atomic mass is 16.2. The standard InChI is InChI=1S/C23H28N2O/c1-16(2)22-21(15-24-17(3)19-11-7-5-8-12-19)25(23(22)26)18(4)20-13-9-6-10-14-20/h5-18,21-22H,1-4H3/t17-,18-,21+,22-/m0/s1. The van der Waals surface area contributed by atoms with Crippen LogP contribution in [0, 0.1) is 11.8 Å². The number of carbonyl (C=O) groups excluding carboxylic acids is 1. The number of aliphatic imine (C=N–C) groups is 1. The van der Waals surface area contributed by atoms with E-state index >= 15 is 0 Å². The van der Waals surface area contributed by atoms with Crippen molar-refractivity contribution in [2.45, 2.75) is 45.8 Å². The van der Waals surface area contributed by atoms with Crippen LogP contribution in [0.5, 0.6) is 0 Å². The Balaban J connectivity index is 1.81. The molecule has 0 N–H and O–H groups in total. The van der Waals surface area contributed by atoms with Crippen molar-refractivity contribution in [2.24, 2.45) is 16.8 Å². The third kappa shape index (κ3) is 3.57. The van der Waals surface area contributed by atoms with Gasteiger partial charge in [-0.25, -0.2) is 0 Å². The zero-order valence-electron chi connectivity index (χ0n) is 16.0. The highest BCUT2D eigenvalue weighted by Gasteiger charge is 2.49. The van der Waals surface area contributed by atoms with Gasteiger partial charge >= 0.3 is 0 Å². The number of rotatable bonds is 6. The number of hydrogen-bond donors (Lipinski definition) is 0. The highest BCUT2D eigenvalue weighted by Crippen LogP contribution is 2.38. The molecule has 3 heteroatoms. The average molecular weight is 348 g/mol. The maximum atomic E-state index is 12.8. The Bertz CT molecular complexity index is 754. The molecule has 1 amide bonds. The smallest absolute Gasteiger partial charge is 0.229 e. The monoisotopic (exact) mass is 348 g/mol. The van der Waals surface area contributed by atoms with Crippen LogP contribution in [-0.2, 0) is 4.79 Å². The molecule has 1 fully saturated rings. The van der Waals surface area contributed by atoms with Gasteiger partial charge in [-0.3, -0.25) is 9.79 Å². The van der Waals surface area contributed by atoms with E-state index in [9.17, 15) is 4.79 Å². The lowest BCUT2D eigenvalue weighted by molar-refractivity contribution is -0.158. The molecule has 0 bridgehead atoms. The minimum atomic E-state index is 0.0212. The Labute approximate surface area is 156 Å². The molecule has 26 heavy (non-hydrogen) atoms. The van der Waals surface area contributed by atoms with Crippen LogP contribution in [0.3, 0.4) is 0 Å². The molecule has 0 unspecified atom stereocenters. The van der Waals surface area contributed by atoms with Gasteiger partial charge in [-0.1, -0.05) is 74.5 Å². The van der Waals surface area contributed by atoms with Gasteiger partial charge in [0.15, 0.2) is 0 Å². The van der Waals surface area contributed by atoms with Gasteiger partial charge in [0.1, 0.15) is 0 Å². The summed E-state index contributed by atoms with van der Waals surface area (Å²) in [4.78, 5) is 19.6. The lowest BCUT2D eigenvalue weighted by Gasteiger charge is -2.50. The average Bonchev–Trinajstić information content (AvgIpc) is 2.65. The zero-order chi connectivity index (χ0) is 18.7. The maximum Gasteiger partial charge on any atom is 0.229 e. The summed E-state index contributed by atoms with van der Waals surface area (Å²) in [7, 11) is 0. The van der Waals surface area contributed by atoms with E-state index in [1.54, 1.807) is 0 Å². The minimum absolute atomic E-state index is 0.0212. The number of likely N-dealkylation sites (tertiary alicyclic amines) is 1. The normalized spacial score (nSPS) is 22.5. The number of nitrogens with zero attached hydrogens (tertiary/aromatic N) is 2. The molecule has 2 aromatic rings. The van der Waals surface area contributed by atoms with Gasteiger partial charge in [0.2, 0.25) is 5.91 Å². The summed E-state index contributed by atoms with van der Waals surface area (Å²) in [5.41, 5.74) is 2.36. The first-order valence-corrected chi connectivity index (χ1v) is 9.46. The van der Waals surface area contributed by atoms with Crippen LogP contribution in [0.4, 0.5) is 0 Å². The molecule has 0 radical (unpaired) electrons. The Morgan fingerprint density at radius 1 is 0.885 bits per heavy atom. The van der Waals surface area contributed by atoms with E-state index in [0.29, 0.717) is 5.92 Å². The Morgan fingerprint density at radius 2 is 1.42 bits per heavy atom. The lowest BCUT2D eigenvalue weighted by Crippen LogP contribution is -2.63. The van der Waals surface area contributed by atoms with E-state index in [-0.39, 0.29) is 30.0 Å². The van der Waals surface area contributed by atoms with Gasteiger partial charge < -0.3 is 4.90 Å². The molecule has 0 spiro atoms. The summed E-state index contributed by atoms with van der Waals surface area (Å²) < 4.78 is 0. The van der Waals surface area contributed by atoms with Crippen molar-refractivity contribution < 1.29 is 4.79 Å². The second-order valence-corrected chi connectivity index (χ2v) is 7.48. The summed E-state index contributed by atoms with van der Waals surface area (Å²) >= 11 is 0.